The third kappa shape index (κ3) is 0.888. The summed E-state index contributed by atoms with van der Waals surface area (Å²) < 4.78 is 0. The van der Waals surface area contributed by atoms with E-state index in [1.165, 1.54) is 0 Å². The Kier molecular flexibility index (Phi) is 1.33. The molecule has 1 heterocycles. The van der Waals surface area contributed by atoms with Crippen molar-refractivity contribution in [3.63, 3.8) is 0 Å². The summed E-state index contributed by atoms with van der Waals surface area (Å²) in [6.45, 7) is 1.93. The van der Waals surface area contributed by atoms with E-state index >= 15 is 0 Å². The Morgan fingerprint density at radius 1 is 1.62 bits per heavy atom. The van der Waals surface area contributed by atoms with Crippen molar-refractivity contribution < 1.29 is 0 Å². The van der Waals surface area contributed by atoms with Crippen LogP contribution in [0.2, 0.25) is 0 Å². The molecule has 0 aliphatic heterocycles. The van der Waals surface area contributed by atoms with Gasteiger partial charge in [-0.2, -0.15) is 0 Å². The van der Waals surface area contributed by atoms with Crippen LogP contribution in [0.3, 0.4) is 0 Å². The standard InChI is InChI=1S/C6H6BN/c1-5-3-2-4-8-6(5)7/h2-4H,1H3. The predicted molar refractivity (Wildman–Crippen MR) is 34.4 cm³/mol. The van der Waals surface area contributed by atoms with Gasteiger partial charge in [0, 0.05) is 6.20 Å². The highest BCUT2D eigenvalue weighted by molar-refractivity contribution is 6.31. The fourth-order valence-corrected chi connectivity index (χ4v) is 0.498. The first-order valence-corrected chi connectivity index (χ1v) is 2.48. The lowest BCUT2D eigenvalue weighted by Gasteiger charge is -1.93. The van der Waals surface area contributed by atoms with E-state index in [0.29, 0.717) is 5.59 Å². The summed E-state index contributed by atoms with van der Waals surface area (Å²) in [6, 6.07) is 3.80. The van der Waals surface area contributed by atoms with Crippen molar-refractivity contribution in [3.05, 3.63) is 23.9 Å². The van der Waals surface area contributed by atoms with E-state index in [4.69, 9.17) is 7.85 Å². The monoisotopic (exact) mass is 103 g/mol. The fourth-order valence-electron chi connectivity index (χ4n) is 0.498. The number of pyridine rings is 1. The van der Waals surface area contributed by atoms with E-state index in [9.17, 15) is 0 Å². The molecule has 2 radical (unpaired) electrons. The molecule has 8 heavy (non-hydrogen) atoms. The molecule has 0 amide bonds. The molecule has 0 bridgehead atoms. The molecule has 0 aromatic carbocycles. The Morgan fingerprint density at radius 2 is 2.38 bits per heavy atom. The first-order valence-electron chi connectivity index (χ1n) is 2.48. The lowest BCUT2D eigenvalue weighted by Crippen LogP contribution is -2.10. The Balaban J connectivity index is 3.13. The second-order valence-corrected chi connectivity index (χ2v) is 1.71. The minimum atomic E-state index is 0.618. The minimum Gasteiger partial charge on any atom is -0.273 e. The van der Waals surface area contributed by atoms with Crippen LogP contribution < -0.4 is 5.59 Å². The average molecular weight is 103 g/mol. The molecule has 38 valence electrons. The van der Waals surface area contributed by atoms with Crippen LogP contribution in [-0.2, 0) is 0 Å². The van der Waals surface area contributed by atoms with Gasteiger partial charge in [-0.3, -0.25) is 4.98 Å². The van der Waals surface area contributed by atoms with Gasteiger partial charge < -0.3 is 0 Å². The van der Waals surface area contributed by atoms with Crippen molar-refractivity contribution in [2.24, 2.45) is 0 Å². The number of hydrogen-bond donors (Lipinski definition) is 0. The summed E-state index contributed by atoms with van der Waals surface area (Å²) in [5, 5.41) is 0. The van der Waals surface area contributed by atoms with Crippen LogP contribution in [0.4, 0.5) is 0 Å². The molecule has 1 rings (SSSR count). The normalized spacial score (nSPS) is 9.12. The third-order valence-corrected chi connectivity index (χ3v) is 1.05. The Hall–Kier alpha value is -0.785. The number of nitrogens with zero attached hydrogens (tertiary/aromatic N) is 1. The van der Waals surface area contributed by atoms with Crippen molar-refractivity contribution in [1.29, 1.82) is 0 Å². The topological polar surface area (TPSA) is 12.9 Å². The first kappa shape index (κ1) is 5.35. The first-order chi connectivity index (χ1) is 3.80. The molecule has 1 nitrogen and oxygen atoms in total. The van der Waals surface area contributed by atoms with Crippen molar-refractivity contribution in [2.45, 2.75) is 6.92 Å². The second-order valence-electron chi connectivity index (χ2n) is 1.71. The smallest absolute Gasteiger partial charge is 0.142 e. The van der Waals surface area contributed by atoms with E-state index < -0.39 is 0 Å². The van der Waals surface area contributed by atoms with E-state index in [0.717, 1.165) is 5.56 Å². The van der Waals surface area contributed by atoms with Crippen LogP contribution in [0.5, 0.6) is 0 Å². The van der Waals surface area contributed by atoms with Crippen LogP contribution in [0.25, 0.3) is 0 Å². The van der Waals surface area contributed by atoms with Crippen molar-refractivity contribution >= 4 is 13.4 Å². The third-order valence-electron chi connectivity index (χ3n) is 1.05. The zero-order valence-electron chi connectivity index (χ0n) is 4.76. The molecule has 0 aliphatic carbocycles. The highest BCUT2D eigenvalue weighted by Crippen LogP contribution is 1.84. The number of rotatable bonds is 0. The van der Waals surface area contributed by atoms with Crippen molar-refractivity contribution in [2.75, 3.05) is 0 Å². The molecule has 0 saturated carbocycles. The molecular weight excluding hydrogens is 96.9 g/mol. The summed E-state index contributed by atoms with van der Waals surface area (Å²) in [5.41, 5.74) is 1.65. The summed E-state index contributed by atoms with van der Waals surface area (Å²) in [5.74, 6) is 0. The zero-order chi connectivity index (χ0) is 5.98. The van der Waals surface area contributed by atoms with Gasteiger partial charge in [0.1, 0.15) is 7.85 Å². The van der Waals surface area contributed by atoms with Crippen LogP contribution in [0, 0.1) is 6.92 Å². The molecule has 1 aromatic heterocycles. The highest BCUT2D eigenvalue weighted by Gasteiger charge is 1.85. The quantitative estimate of drug-likeness (QED) is 0.427. The van der Waals surface area contributed by atoms with E-state index in [-0.39, 0.29) is 0 Å². The lowest BCUT2D eigenvalue weighted by atomic mass is 9.99. The van der Waals surface area contributed by atoms with Crippen molar-refractivity contribution in [1.82, 2.24) is 4.98 Å². The van der Waals surface area contributed by atoms with Gasteiger partial charge in [0.05, 0.1) is 0 Å². The molecule has 1 aromatic rings. The zero-order valence-corrected chi connectivity index (χ0v) is 4.76. The lowest BCUT2D eigenvalue weighted by molar-refractivity contribution is 1.33. The van der Waals surface area contributed by atoms with Gasteiger partial charge in [-0.15, -0.1) is 0 Å². The second kappa shape index (κ2) is 1.99. The van der Waals surface area contributed by atoms with Gasteiger partial charge in [0.25, 0.3) is 0 Å². The maximum absolute atomic E-state index is 5.41. The molecule has 0 unspecified atom stereocenters. The van der Waals surface area contributed by atoms with Gasteiger partial charge in [0.2, 0.25) is 0 Å². The Labute approximate surface area is 50.2 Å². The van der Waals surface area contributed by atoms with Gasteiger partial charge in [-0.1, -0.05) is 6.07 Å². The van der Waals surface area contributed by atoms with E-state index in [1.54, 1.807) is 6.20 Å². The molecule has 0 N–H and O–H groups in total. The molecule has 0 fully saturated rings. The Morgan fingerprint density at radius 3 is 2.75 bits per heavy atom. The van der Waals surface area contributed by atoms with E-state index in [1.807, 2.05) is 19.1 Å². The average Bonchev–Trinajstić information content (AvgIpc) is 1.77. The molecule has 2 heteroatoms. The van der Waals surface area contributed by atoms with Crippen LogP contribution >= 0.6 is 0 Å². The number of hydrogen-bond acceptors (Lipinski definition) is 1. The summed E-state index contributed by atoms with van der Waals surface area (Å²) in [4.78, 5) is 3.86. The van der Waals surface area contributed by atoms with E-state index in [2.05, 4.69) is 4.98 Å². The van der Waals surface area contributed by atoms with Crippen LogP contribution in [0.15, 0.2) is 18.3 Å². The van der Waals surface area contributed by atoms with Gasteiger partial charge in [0.15, 0.2) is 0 Å². The molecule has 0 aliphatic rings. The van der Waals surface area contributed by atoms with Crippen LogP contribution in [0.1, 0.15) is 5.56 Å². The highest BCUT2D eigenvalue weighted by atomic mass is 14.6. The maximum atomic E-state index is 5.41. The molecule has 0 saturated heterocycles. The van der Waals surface area contributed by atoms with Gasteiger partial charge in [-0.25, -0.2) is 0 Å². The number of aryl methyl sites for hydroxylation is 1. The van der Waals surface area contributed by atoms with Crippen LogP contribution in [-0.4, -0.2) is 12.8 Å². The summed E-state index contributed by atoms with van der Waals surface area (Å²) in [6.07, 6.45) is 1.68. The summed E-state index contributed by atoms with van der Waals surface area (Å²) in [7, 11) is 5.41. The van der Waals surface area contributed by atoms with Crippen molar-refractivity contribution in [3.8, 4) is 0 Å². The molecular formula is C6H6BN. The number of aromatic nitrogens is 1. The summed E-state index contributed by atoms with van der Waals surface area (Å²) >= 11 is 0. The van der Waals surface area contributed by atoms with Gasteiger partial charge in [-0.05, 0) is 24.1 Å². The molecule has 0 spiro atoms. The Bertz CT molecular complexity index is 165. The fraction of sp³-hybridized carbons (Fsp3) is 0.167. The largest absolute Gasteiger partial charge is 0.273 e. The van der Waals surface area contributed by atoms with Gasteiger partial charge >= 0.3 is 0 Å². The predicted octanol–water partition coefficient (Wildman–Crippen LogP) is 0.184. The minimum absolute atomic E-state index is 0.618. The maximum Gasteiger partial charge on any atom is 0.142 e. The SMILES string of the molecule is [B]c1ncccc1C. The molecule has 0 atom stereocenters.